The molecule has 0 aromatic heterocycles. The molecular formula is C16H20NO+. The second-order valence-corrected chi connectivity index (χ2v) is 4.26. The Morgan fingerprint density at radius 2 is 1.44 bits per heavy atom. The van der Waals surface area contributed by atoms with E-state index >= 15 is 0 Å². The number of hydrogen-bond acceptors (Lipinski definition) is 1. The first-order valence-corrected chi connectivity index (χ1v) is 6.46. The molecule has 2 aromatic rings. The number of benzene rings is 2. The molecule has 0 fully saturated rings. The molecule has 2 N–H and O–H groups in total. The monoisotopic (exact) mass is 242 g/mol. The van der Waals surface area contributed by atoms with Crippen LogP contribution in [0.4, 0.5) is 0 Å². The van der Waals surface area contributed by atoms with Crippen LogP contribution in [0.2, 0.25) is 0 Å². The Labute approximate surface area is 109 Å². The van der Waals surface area contributed by atoms with E-state index in [-0.39, 0.29) is 0 Å². The van der Waals surface area contributed by atoms with Crippen molar-refractivity contribution in [3.63, 3.8) is 0 Å². The van der Waals surface area contributed by atoms with Crippen LogP contribution >= 0.6 is 0 Å². The lowest BCUT2D eigenvalue weighted by atomic mass is 10.2. The van der Waals surface area contributed by atoms with Crippen molar-refractivity contribution in [2.75, 3.05) is 6.61 Å². The summed E-state index contributed by atoms with van der Waals surface area (Å²) in [6, 6.07) is 18.9. The van der Waals surface area contributed by atoms with Crippen molar-refractivity contribution in [2.24, 2.45) is 0 Å². The van der Waals surface area contributed by atoms with E-state index in [1.165, 1.54) is 11.1 Å². The van der Waals surface area contributed by atoms with Crippen LogP contribution in [0.3, 0.4) is 0 Å². The Kier molecular flexibility index (Phi) is 4.79. The molecule has 94 valence electrons. The van der Waals surface area contributed by atoms with Gasteiger partial charge >= 0.3 is 0 Å². The minimum absolute atomic E-state index is 0.722. The summed E-state index contributed by atoms with van der Waals surface area (Å²) in [5.74, 6) is 0.948. The fourth-order valence-corrected chi connectivity index (χ4v) is 1.91. The molecule has 18 heavy (non-hydrogen) atoms. The van der Waals surface area contributed by atoms with Gasteiger partial charge in [0.15, 0.2) is 0 Å². The number of rotatable bonds is 6. The maximum atomic E-state index is 5.42. The Morgan fingerprint density at radius 3 is 2.06 bits per heavy atom. The summed E-state index contributed by atoms with van der Waals surface area (Å²) < 4.78 is 5.42. The van der Waals surface area contributed by atoms with Gasteiger partial charge in [0.2, 0.25) is 0 Å². The normalized spacial score (nSPS) is 10.3. The molecule has 0 heterocycles. The summed E-state index contributed by atoms with van der Waals surface area (Å²) in [6.45, 7) is 4.75. The van der Waals surface area contributed by atoms with Gasteiger partial charge in [-0.05, 0) is 31.2 Å². The number of ether oxygens (including phenoxy) is 1. The molecule has 0 atom stereocenters. The smallest absolute Gasteiger partial charge is 0.119 e. The largest absolute Gasteiger partial charge is 0.494 e. The van der Waals surface area contributed by atoms with Crippen LogP contribution in [0.5, 0.6) is 5.75 Å². The van der Waals surface area contributed by atoms with Gasteiger partial charge in [0.25, 0.3) is 0 Å². The quantitative estimate of drug-likeness (QED) is 0.826. The molecule has 0 aliphatic carbocycles. The Balaban J connectivity index is 1.80. The standard InChI is InChI=1S/C16H19NO/c1-2-18-16-10-8-15(9-11-16)13-17-12-14-6-4-3-5-7-14/h3-11,17H,2,12-13H2,1H3/p+1. The van der Waals surface area contributed by atoms with E-state index in [2.05, 4.69) is 47.8 Å². The maximum Gasteiger partial charge on any atom is 0.119 e. The second kappa shape index (κ2) is 6.82. The van der Waals surface area contributed by atoms with E-state index in [9.17, 15) is 0 Å². The van der Waals surface area contributed by atoms with Gasteiger partial charge in [-0.25, -0.2) is 0 Å². The zero-order chi connectivity index (χ0) is 12.6. The molecule has 2 rings (SSSR count). The zero-order valence-corrected chi connectivity index (χ0v) is 10.8. The van der Waals surface area contributed by atoms with Crippen LogP contribution < -0.4 is 10.1 Å². The first-order valence-electron chi connectivity index (χ1n) is 6.46. The first kappa shape index (κ1) is 12.7. The third-order valence-corrected chi connectivity index (χ3v) is 2.84. The molecule has 0 saturated heterocycles. The van der Waals surface area contributed by atoms with Crippen molar-refractivity contribution in [3.05, 3.63) is 65.7 Å². The second-order valence-electron chi connectivity index (χ2n) is 4.26. The van der Waals surface area contributed by atoms with Crippen LogP contribution in [0.25, 0.3) is 0 Å². The van der Waals surface area contributed by atoms with Crippen LogP contribution in [-0.2, 0) is 13.1 Å². The number of quaternary nitrogens is 1. The summed E-state index contributed by atoms with van der Waals surface area (Å²) in [4.78, 5) is 0. The molecule has 0 aliphatic heterocycles. The lowest BCUT2D eigenvalue weighted by Crippen LogP contribution is -2.80. The summed E-state index contributed by atoms with van der Waals surface area (Å²) in [7, 11) is 0. The number of nitrogens with two attached hydrogens (primary N) is 1. The highest BCUT2D eigenvalue weighted by atomic mass is 16.5. The molecule has 0 bridgehead atoms. The summed E-state index contributed by atoms with van der Waals surface area (Å²) in [5, 5.41) is 2.31. The van der Waals surface area contributed by atoms with Crippen LogP contribution in [0.15, 0.2) is 54.6 Å². The first-order chi connectivity index (χ1) is 8.88. The van der Waals surface area contributed by atoms with Crippen molar-refractivity contribution in [2.45, 2.75) is 20.0 Å². The highest BCUT2D eigenvalue weighted by Gasteiger charge is 1.98. The van der Waals surface area contributed by atoms with E-state index in [1.54, 1.807) is 0 Å². The lowest BCUT2D eigenvalue weighted by molar-refractivity contribution is -0.686. The van der Waals surface area contributed by atoms with Crippen molar-refractivity contribution in [1.29, 1.82) is 0 Å². The van der Waals surface area contributed by atoms with Crippen LogP contribution in [0.1, 0.15) is 18.1 Å². The van der Waals surface area contributed by atoms with E-state index in [4.69, 9.17) is 4.74 Å². The SMILES string of the molecule is CCOc1ccc(C[NH2+]Cc2ccccc2)cc1. The van der Waals surface area contributed by atoms with E-state index < -0.39 is 0 Å². The molecule has 0 radical (unpaired) electrons. The van der Waals surface area contributed by atoms with Gasteiger partial charge in [-0.3, -0.25) is 0 Å². The summed E-state index contributed by atoms with van der Waals surface area (Å²) in [6.07, 6.45) is 0. The molecule has 0 spiro atoms. The third kappa shape index (κ3) is 3.90. The van der Waals surface area contributed by atoms with Gasteiger partial charge in [0, 0.05) is 11.1 Å². The zero-order valence-electron chi connectivity index (χ0n) is 10.8. The third-order valence-electron chi connectivity index (χ3n) is 2.84. The molecule has 0 aliphatic rings. The molecule has 0 amide bonds. The highest BCUT2D eigenvalue weighted by molar-refractivity contribution is 5.26. The molecule has 2 heteroatoms. The molecule has 2 aromatic carbocycles. The summed E-state index contributed by atoms with van der Waals surface area (Å²) in [5.41, 5.74) is 2.69. The molecule has 2 nitrogen and oxygen atoms in total. The van der Waals surface area contributed by atoms with Crippen molar-refractivity contribution in [3.8, 4) is 5.75 Å². The average molecular weight is 242 g/mol. The molecule has 0 saturated carbocycles. The van der Waals surface area contributed by atoms with E-state index in [0.717, 1.165) is 25.4 Å². The predicted octanol–water partition coefficient (Wildman–Crippen LogP) is 2.35. The fourth-order valence-electron chi connectivity index (χ4n) is 1.91. The fraction of sp³-hybridized carbons (Fsp3) is 0.250. The van der Waals surface area contributed by atoms with Gasteiger partial charge in [-0.1, -0.05) is 30.3 Å². The van der Waals surface area contributed by atoms with Gasteiger partial charge in [0.05, 0.1) is 6.61 Å². The molecule has 0 unspecified atom stereocenters. The van der Waals surface area contributed by atoms with Crippen LogP contribution in [0, 0.1) is 0 Å². The van der Waals surface area contributed by atoms with E-state index in [0.29, 0.717) is 0 Å². The minimum atomic E-state index is 0.722. The summed E-state index contributed by atoms with van der Waals surface area (Å²) >= 11 is 0. The predicted molar refractivity (Wildman–Crippen MR) is 73.4 cm³/mol. The van der Waals surface area contributed by atoms with Crippen molar-refractivity contribution < 1.29 is 10.1 Å². The lowest BCUT2D eigenvalue weighted by Gasteiger charge is -2.05. The Hall–Kier alpha value is -1.80. The minimum Gasteiger partial charge on any atom is -0.494 e. The van der Waals surface area contributed by atoms with Crippen molar-refractivity contribution >= 4 is 0 Å². The van der Waals surface area contributed by atoms with E-state index in [1.807, 2.05) is 19.1 Å². The topological polar surface area (TPSA) is 25.8 Å². The van der Waals surface area contributed by atoms with Gasteiger partial charge in [-0.2, -0.15) is 0 Å². The van der Waals surface area contributed by atoms with Gasteiger partial charge in [0.1, 0.15) is 18.8 Å². The maximum absolute atomic E-state index is 5.42. The van der Waals surface area contributed by atoms with Crippen molar-refractivity contribution in [1.82, 2.24) is 0 Å². The van der Waals surface area contributed by atoms with Gasteiger partial charge in [-0.15, -0.1) is 0 Å². The number of hydrogen-bond donors (Lipinski definition) is 1. The Bertz CT molecular complexity index is 450. The highest BCUT2D eigenvalue weighted by Crippen LogP contribution is 2.11. The Morgan fingerprint density at radius 1 is 0.833 bits per heavy atom. The van der Waals surface area contributed by atoms with Gasteiger partial charge < -0.3 is 10.1 Å². The average Bonchev–Trinajstić information content (AvgIpc) is 2.42. The van der Waals surface area contributed by atoms with Crippen LogP contribution in [-0.4, -0.2) is 6.61 Å². The molecular weight excluding hydrogens is 222 g/mol.